The van der Waals surface area contributed by atoms with Crippen molar-refractivity contribution in [3.05, 3.63) is 65.9 Å². The summed E-state index contributed by atoms with van der Waals surface area (Å²) in [5.41, 5.74) is 1.03. The number of rotatable bonds is 5. The number of aromatic nitrogens is 4. The average molecular weight is 504 g/mol. The van der Waals surface area contributed by atoms with Gasteiger partial charge in [0.2, 0.25) is 16.0 Å². The predicted molar refractivity (Wildman–Crippen MR) is 117 cm³/mol. The number of fused-ring (bicyclic) bond motifs is 1. The van der Waals surface area contributed by atoms with Crippen LogP contribution in [0.1, 0.15) is 18.1 Å². The van der Waals surface area contributed by atoms with Crippen molar-refractivity contribution in [2.75, 3.05) is 0 Å². The van der Waals surface area contributed by atoms with Crippen LogP contribution in [0.15, 0.2) is 53.8 Å². The van der Waals surface area contributed by atoms with E-state index in [1.54, 1.807) is 17.7 Å². The zero-order chi connectivity index (χ0) is 25.5. The summed E-state index contributed by atoms with van der Waals surface area (Å²) in [4.78, 5) is 12.0. The van der Waals surface area contributed by atoms with Crippen LogP contribution in [0.4, 0.5) is 17.6 Å². The Balaban J connectivity index is 1.90. The Hall–Kier alpha value is -3.89. The minimum atomic E-state index is -4.77. The normalized spacial score (nSPS) is 13.1. The summed E-state index contributed by atoms with van der Waals surface area (Å²) in [5.74, 6) is -0.384. The van der Waals surface area contributed by atoms with Gasteiger partial charge in [0.25, 0.3) is 0 Å². The van der Waals surface area contributed by atoms with E-state index < -0.39 is 33.0 Å². The Morgan fingerprint density at radius 2 is 1.83 bits per heavy atom. The number of aryl methyl sites for hydroxylation is 1. The lowest BCUT2D eigenvalue weighted by Crippen LogP contribution is -2.42. The second-order valence-electron chi connectivity index (χ2n) is 7.60. The topological polar surface area (TPSA) is 114 Å². The summed E-state index contributed by atoms with van der Waals surface area (Å²) >= 11 is 0. The molecule has 3 heterocycles. The van der Waals surface area contributed by atoms with E-state index >= 15 is 0 Å². The first kappa shape index (κ1) is 24.2. The third-order valence-corrected chi connectivity index (χ3v) is 6.75. The molecule has 1 atom stereocenters. The molecule has 13 heteroatoms. The number of hydrogen-bond donors (Lipinski definition) is 1. The maximum Gasteiger partial charge on any atom is 0.404 e. The van der Waals surface area contributed by atoms with E-state index in [9.17, 15) is 31.2 Å². The largest absolute Gasteiger partial charge is 0.404 e. The lowest BCUT2D eigenvalue weighted by molar-refractivity contribution is -0.147. The summed E-state index contributed by atoms with van der Waals surface area (Å²) in [5, 5.41) is 10.2. The van der Waals surface area contributed by atoms with Gasteiger partial charge >= 0.3 is 6.18 Å². The molecule has 180 valence electrons. The highest BCUT2D eigenvalue weighted by atomic mass is 32.2. The molecular weight excluding hydrogens is 488 g/mol. The molecule has 0 spiro atoms. The number of hydrogen-bond acceptors (Lipinski definition) is 6. The molecule has 1 aromatic carbocycles. The molecule has 1 N–H and O–H groups in total. The molecule has 0 aliphatic rings. The Morgan fingerprint density at radius 3 is 2.40 bits per heavy atom. The number of nitriles is 1. The lowest BCUT2D eigenvalue weighted by atomic mass is 10.1. The first-order valence-corrected chi connectivity index (χ1v) is 11.5. The van der Waals surface area contributed by atoms with Gasteiger partial charge in [0.05, 0.1) is 22.5 Å². The van der Waals surface area contributed by atoms with Crippen LogP contribution in [0.5, 0.6) is 0 Å². The van der Waals surface area contributed by atoms with Gasteiger partial charge < -0.3 is 0 Å². The van der Waals surface area contributed by atoms with Crippen molar-refractivity contribution in [3.8, 4) is 23.4 Å². The van der Waals surface area contributed by atoms with Crippen molar-refractivity contribution in [1.29, 1.82) is 5.26 Å². The second-order valence-corrected chi connectivity index (χ2v) is 9.32. The van der Waals surface area contributed by atoms with Gasteiger partial charge in [0, 0.05) is 24.0 Å². The standard InChI is InChI=1S/C22H16F4N6O2S/c1-12-8-19-15(9-17(12)23)16(10-27)20(32(19)21-28-6-3-7-29-21)18-5-4-14(11-30-18)35(33,34)31-13(2)22(24,25)26/h3-9,11,13,31H,1-2H3. The average Bonchev–Trinajstić information content (AvgIpc) is 3.12. The molecule has 35 heavy (non-hydrogen) atoms. The van der Waals surface area contributed by atoms with Crippen LogP contribution in [0, 0.1) is 24.1 Å². The zero-order valence-corrected chi connectivity index (χ0v) is 19.0. The molecule has 0 aliphatic carbocycles. The van der Waals surface area contributed by atoms with Crippen molar-refractivity contribution >= 4 is 20.9 Å². The van der Waals surface area contributed by atoms with E-state index in [0.29, 0.717) is 18.0 Å². The number of nitrogens with one attached hydrogen (secondary N) is 1. The van der Waals surface area contributed by atoms with Crippen molar-refractivity contribution in [1.82, 2.24) is 24.2 Å². The number of alkyl halides is 3. The van der Waals surface area contributed by atoms with Crippen molar-refractivity contribution in [3.63, 3.8) is 0 Å². The predicted octanol–water partition coefficient (Wildman–Crippen LogP) is 4.03. The molecular formula is C22H16F4N6O2S. The van der Waals surface area contributed by atoms with Gasteiger partial charge in [-0.2, -0.15) is 23.2 Å². The molecule has 4 rings (SSSR count). The zero-order valence-electron chi connectivity index (χ0n) is 18.2. The van der Waals surface area contributed by atoms with Crippen LogP contribution >= 0.6 is 0 Å². The van der Waals surface area contributed by atoms with Crippen LogP contribution in [0.2, 0.25) is 0 Å². The molecule has 3 aromatic heterocycles. The van der Waals surface area contributed by atoms with Crippen molar-refractivity contribution < 1.29 is 26.0 Å². The molecule has 0 radical (unpaired) electrons. The molecule has 0 amide bonds. The van der Waals surface area contributed by atoms with Crippen LogP contribution < -0.4 is 4.72 Å². The summed E-state index contributed by atoms with van der Waals surface area (Å²) in [6.07, 6.45) is -0.957. The van der Waals surface area contributed by atoms with Gasteiger partial charge in [0.15, 0.2) is 0 Å². The Morgan fingerprint density at radius 1 is 1.14 bits per heavy atom. The van der Waals surface area contributed by atoms with E-state index in [4.69, 9.17) is 0 Å². The first-order valence-electron chi connectivity index (χ1n) is 10.0. The molecule has 0 aliphatic heterocycles. The van der Waals surface area contributed by atoms with Gasteiger partial charge in [-0.1, -0.05) is 0 Å². The quantitative estimate of drug-likeness (QED) is 0.411. The van der Waals surface area contributed by atoms with Crippen LogP contribution in [-0.2, 0) is 10.0 Å². The maximum atomic E-state index is 14.4. The summed E-state index contributed by atoms with van der Waals surface area (Å²) in [7, 11) is -4.53. The Labute approximate surface area is 196 Å². The molecule has 0 fully saturated rings. The van der Waals surface area contributed by atoms with E-state index in [2.05, 4.69) is 15.0 Å². The van der Waals surface area contributed by atoms with Gasteiger partial charge in [-0.15, -0.1) is 0 Å². The molecule has 0 bridgehead atoms. The fraction of sp³-hybridized carbons (Fsp3) is 0.182. The van der Waals surface area contributed by atoms with Gasteiger partial charge in [-0.25, -0.2) is 22.8 Å². The van der Waals surface area contributed by atoms with E-state index in [1.807, 2.05) is 6.07 Å². The molecule has 0 saturated heterocycles. The minimum absolute atomic E-state index is 0.0401. The van der Waals surface area contributed by atoms with E-state index in [-0.39, 0.29) is 28.3 Å². The molecule has 8 nitrogen and oxygen atoms in total. The van der Waals surface area contributed by atoms with E-state index in [0.717, 1.165) is 12.3 Å². The monoisotopic (exact) mass is 504 g/mol. The summed E-state index contributed by atoms with van der Waals surface area (Å²) in [6, 6.07) is 6.32. The third-order valence-electron chi connectivity index (χ3n) is 5.22. The SMILES string of the molecule is Cc1cc2c(cc1F)c(C#N)c(-c1ccc(S(=O)(=O)NC(C)C(F)(F)F)cn1)n2-c1ncccn1. The van der Waals surface area contributed by atoms with Crippen molar-refractivity contribution in [2.24, 2.45) is 0 Å². The number of pyridine rings is 1. The number of sulfonamides is 1. The molecule has 0 saturated carbocycles. The highest BCUT2D eigenvalue weighted by molar-refractivity contribution is 7.89. The fourth-order valence-electron chi connectivity index (χ4n) is 3.43. The lowest BCUT2D eigenvalue weighted by Gasteiger charge is -2.17. The van der Waals surface area contributed by atoms with Gasteiger partial charge in [0.1, 0.15) is 22.8 Å². The number of nitrogens with zero attached hydrogens (tertiary/aromatic N) is 5. The number of benzene rings is 1. The third kappa shape index (κ3) is 4.45. The smallest absolute Gasteiger partial charge is 0.275 e. The summed E-state index contributed by atoms with van der Waals surface area (Å²) in [6.45, 7) is 2.23. The van der Waals surface area contributed by atoms with E-state index in [1.165, 1.54) is 35.2 Å². The Bertz CT molecular complexity index is 1560. The highest BCUT2D eigenvalue weighted by Gasteiger charge is 2.39. The molecule has 1 unspecified atom stereocenters. The summed E-state index contributed by atoms with van der Waals surface area (Å²) < 4.78 is 80.6. The Kier molecular flexibility index (Phi) is 6.04. The fourth-order valence-corrected chi connectivity index (χ4v) is 4.60. The highest BCUT2D eigenvalue weighted by Crippen LogP contribution is 2.36. The van der Waals surface area contributed by atoms with Gasteiger partial charge in [-0.05, 0) is 49.7 Å². The van der Waals surface area contributed by atoms with Gasteiger partial charge in [-0.3, -0.25) is 9.55 Å². The minimum Gasteiger partial charge on any atom is -0.275 e. The van der Waals surface area contributed by atoms with Crippen LogP contribution in [0.3, 0.4) is 0 Å². The second kappa shape index (κ2) is 8.71. The first-order chi connectivity index (χ1) is 16.4. The van der Waals surface area contributed by atoms with Crippen molar-refractivity contribution in [2.45, 2.75) is 31.0 Å². The maximum absolute atomic E-state index is 14.4. The van der Waals surface area contributed by atoms with Crippen LogP contribution in [-0.4, -0.2) is 40.2 Å². The number of halogens is 4. The van der Waals surface area contributed by atoms with Crippen LogP contribution in [0.25, 0.3) is 28.2 Å². The molecule has 4 aromatic rings.